The van der Waals surface area contributed by atoms with Crippen LogP contribution >= 0.6 is 0 Å². The molecular weight excluding hydrogens is 170 g/mol. The molecule has 0 rings (SSSR count). The zero-order chi connectivity index (χ0) is 10.8. The summed E-state index contributed by atoms with van der Waals surface area (Å²) in [6.45, 7) is 8.22. The molecule has 0 saturated carbocycles. The van der Waals surface area contributed by atoms with Crippen molar-refractivity contribution in [3.05, 3.63) is 0 Å². The van der Waals surface area contributed by atoms with Crippen molar-refractivity contribution in [3.63, 3.8) is 0 Å². The summed E-state index contributed by atoms with van der Waals surface area (Å²) in [4.78, 5) is 0. The van der Waals surface area contributed by atoms with Gasteiger partial charge in [-0.2, -0.15) is 0 Å². The topological polar surface area (TPSA) is 12.0 Å². The summed E-state index contributed by atoms with van der Waals surface area (Å²) in [5.74, 6) is 1.89. The van der Waals surface area contributed by atoms with Crippen LogP contribution in [0.25, 0.3) is 0 Å². The summed E-state index contributed by atoms with van der Waals surface area (Å²) in [5.41, 5.74) is 0. The number of unbranched alkanes of at least 4 members (excludes halogenated alkanes) is 1. The first kappa shape index (κ1) is 14.0. The van der Waals surface area contributed by atoms with Crippen molar-refractivity contribution in [3.8, 4) is 0 Å². The van der Waals surface area contributed by atoms with E-state index in [1.165, 1.54) is 45.1 Å². The lowest BCUT2D eigenvalue weighted by molar-refractivity contribution is 0.296. The molecule has 0 aromatic carbocycles. The summed E-state index contributed by atoms with van der Waals surface area (Å²) in [6.07, 6.45) is 8.29. The average molecular weight is 199 g/mol. The highest BCUT2D eigenvalue weighted by Gasteiger charge is 2.13. The van der Waals surface area contributed by atoms with Gasteiger partial charge in [-0.3, -0.25) is 0 Å². The van der Waals surface area contributed by atoms with Crippen molar-refractivity contribution in [1.29, 1.82) is 0 Å². The maximum absolute atomic E-state index is 3.22. The Balaban J connectivity index is 3.61. The highest BCUT2D eigenvalue weighted by Crippen LogP contribution is 2.25. The van der Waals surface area contributed by atoms with Crippen LogP contribution < -0.4 is 5.32 Å². The molecular formula is C13H29N. The molecule has 0 heterocycles. The average Bonchev–Trinajstić information content (AvgIpc) is 2.21. The standard InChI is InChI=1S/C13H29N/c1-5-9-13(12(3)6-2)10-7-8-11-14-4/h12-14H,5-11H2,1-4H3. The number of hydrogen-bond acceptors (Lipinski definition) is 1. The fraction of sp³-hybridized carbons (Fsp3) is 1.00. The molecule has 0 radical (unpaired) electrons. The Morgan fingerprint density at radius 3 is 2.29 bits per heavy atom. The molecule has 0 amide bonds. The van der Waals surface area contributed by atoms with E-state index in [1.54, 1.807) is 0 Å². The SMILES string of the molecule is CCCC(CCCCNC)C(C)CC. The van der Waals surface area contributed by atoms with E-state index in [9.17, 15) is 0 Å². The third-order valence-electron chi connectivity index (χ3n) is 3.36. The minimum absolute atomic E-state index is 0.921. The molecule has 2 unspecified atom stereocenters. The summed E-state index contributed by atoms with van der Waals surface area (Å²) >= 11 is 0. The third kappa shape index (κ3) is 6.42. The van der Waals surface area contributed by atoms with E-state index in [0.29, 0.717) is 0 Å². The molecule has 0 aromatic rings. The van der Waals surface area contributed by atoms with E-state index < -0.39 is 0 Å². The van der Waals surface area contributed by atoms with Gasteiger partial charge in [0.25, 0.3) is 0 Å². The molecule has 1 N–H and O–H groups in total. The summed E-state index contributed by atoms with van der Waals surface area (Å²) < 4.78 is 0. The second-order valence-corrected chi connectivity index (χ2v) is 4.53. The van der Waals surface area contributed by atoms with Crippen molar-refractivity contribution < 1.29 is 0 Å². The molecule has 86 valence electrons. The largest absolute Gasteiger partial charge is 0.320 e. The van der Waals surface area contributed by atoms with Crippen LogP contribution in [-0.2, 0) is 0 Å². The first-order chi connectivity index (χ1) is 6.76. The van der Waals surface area contributed by atoms with E-state index in [-0.39, 0.29) is 0 Å². The first-order valence-electron chi connectivity index (χ1n) is 6.40. The van der Waals surface area contributed by atoms with E-state index in [2.05, 4.69) is 26.1 Å². The molecule has 0 aromatic heterocycles. The van der Waals surface area contributed by atoms with Crippen molar-refractivity contribution in [2.24, 2.45) is 11.8 Å². The quantitative estimate of drug-likeness (QED) is 0.556. The molecule has 0 saturated heterocycles. The molecule has 0 bridgehead atoms. The molecule has 0 fully saturated rings. The van der Waals surface area contributed by atoms with Crippen molar-refractivity contribution >= 4 is 0 Å². The van der Waals surface area contributed by atoms with E-state index in [4.69, 9.17) is 0 Å². The van der Waals surface area contributed by atoms with Gasteiger partial charge in [0.15, 0.2) is 0 Å². The molecule has 1 nitrogen and oxygen atoms in total. The molecule has 0 aliphatic heterocycles. The summed E-state index contributed by atoms with van der Waals surface area (Å²) in [5, 5.41) is 3.22. The highest BCUT2D eigenvalue weighted by molar-refractivity contribution is 4.65. The van der Waals surface area contributed by atoms with Crippen molar-refractivity contribution in [2.75, 3.05) is 13.6 Å². The fourth-order valence-electron chi connectivity index (χ4n) is 2.13. The van der Waals surface area contributed by atoms with Gasteiger partial charge in [0, 0.05) is 0 Å². The van der Waals surface area contributed by atoms with Crippen LogP contribution in [-0.4, -0.2) is 13.6 Å². The van der Waals surface area contributed by atoms with Gasteiger partial charge >= 0.3 is 0 Å². The highest BCUT2D eigenvalue weighted by atomic mass is 14.8. The number of nitrogens with one attached hydrogen (secondary N) is 1. The lowest BCUT2D eigenvalue weighted by Crippen LogP contribution is -2.12. The Bertz CT molecular complexity index is 112. The molecule has 1 heteroatoms. The van der Waals surface area contributed by atoms with Gasteiger partial charge in [0.2, 0.25) is 0 Å². The monoisotopic (exact) mass is 199 g/mol. The molecule has 14 heavy (non-hydrogen) atoms. The maximum Gasteiger partial charge on any atom is -0.00519 e. The minimum Gasteiger partial charge on any atom is -0.320 e. The van der Waals surface area contributed by atoms with Crippen LogP contribution in [0.15, 0.2) is 0 Å². The van der Waals surface area contributed by atoms with E-state index in [1.807, 2.05) is 7.05 Å². The Morgan fingerprint density at radius 2 is 1.79 bits per heavy atom. The molecule has 0 spiro atoms. The van der Waals surface area contributed by atoms with Crippen LogP contribution in [0.5, 0.6) is 0 Å². The minimum atomic E-state index is 0.921. The van der Waals surface area contributed by atoms with Crippen LogP contribution in [0.1, 0.15) is 59.3 Å². The molecule has 2 atom stereocenters. The van der Waals surface area contributed by atoms with E-state index >= 15 is 0 Å². The van der Waals surface area contributed by atoms with Crippen LogP contribution in [0, 0.1) is 11.8 Å². The van der Waals surface area contributed by atoms with E-state index in [0.717, 1.165) is 11.8 Å². The Morgan fingerprint density at radius 1 is 1.07 bits per heavy atom. The Hall–Kier alpha value is -0.0400. The number of rotatable bonds is 9. The molecule has 0 aliphatic carbocycles. The first-order valence-corrected chi connectivity index (χ1v) is 6.40. The lowest BCUT2D eigenvalue weighted by Gasteiger charge is -2.22. The zero-order valence-electron chi connectivity index (χ0n) is 10.6. The normalized spacial score (nSPS) is 15.4. The summed E-state index contributed by atoms with van der Waals surface area (Å²) in [7, 11) is 2.04. The van der Waals surface area contributed by atoms with Gasteiger partial charge in [0.05, 0.1) is 0 Å². The van der Waals surface area contributed by atoms with Gasteiger partial charge < -0.3 is 5.32 Å². The predicted molar refractivity (Wildman–Crippen MR) is 65.6 cm³/mol. The van der Waals surface area contributed by atoms with Gasteiger partial charge in [-0.1, -0.05) is 52.9 Å². The van der Waals surface area contributed by atoms with Crippen LogP contribution in [0.3, 0.4) is 0 Å². The fourth-order valence-corrected chi connectivity index (χ4v) is 2.13. The maximum atomic E-state index is 3.22. The predicted octanol–water partition coefficient (Wildman–Crippen LogP) is 3.84. The van der Waals surface area contributed by atoms with Gasteiger partial charge in [-0.25, -0.2) is 0 Å². The number of hydrogen-bond donors (Lipinski definition) is 1. The summed E-state index contributed by atoms with van der Waals surface area (Å²) in [6, 6.07) is 0. The Kier molecular flexibility index (Phi) is 9.49. The molecule has 0 aliphatic rings. The lowest BCUT2D eigenvalue weighted by atomic mass is 9.84. The van der Waals surface area contributed by atoms with Gasteiger partial charge in [-0.05, 0) is 31.8 Å². The van der Waals surface area contributed by atoms with Crippen molar-refractivity contribution in [1.82, 2.24) is 5.32 Å². The van der Waals surface area contributed by atoms with Crippen LogP contribution in [0.2, 0.25) is 0 Å². The van der Waals surface area contributed by atoms with Gasteiger partial charge in [0.1, 0.15) is 0 Å². The Labute approximate surface area is 90.7 Å². The third-order valence-corrected chi connectivity index (χ3v) is 3.36. The van der Waals surface area contributed by atoms with Crippen molar-refractivity contribution in [2.45, 2.75) is 59.3 Å². The second-order valence-electron chi connectivity index (χ2n) is 4.53. The zero-order valence-corrected chi connectivity index (χ0v) is 10.6. The van der Waals surface area contributed by atoms with Crippen LogP contribution in [0.4, 0.5) is 0 Å². The smallest absolute Gasteiger partial charge is 0.00519 e. The van der Waals surface area contributed by atoms with Gasteiger partial charge in [-0.15, -0.1) is 0 Å². The second kappa shape index (κ2) is 9.51.